The number of amides is 1. The average molecular weight is 327 g/mol. The maximum Gasteiger partial charge on any atom is 0.340 e. The predicted octanol–water partition coefficient (Wildman–Crippen LogP) is 2.60. The molecule has 0 aliphatic rings. The largest absolute Gasteiger partial charge is 0.462 e. The van der Waals surface area contributed by atoms with Gasteiger partial charge in [-0.3, -0.25) is 4.79 Å². The van der Waals surface area contributed by atoms with Gasteiger partial charge in [-0.15, -0.1) is 0 Å². The van der Waals surface area contributed by atoms with E-state index < -0.39 is 5.97 Å². The molecule has 0 atom stereocenters. The summed E-state index contributed by atoms with van der Waals surface area (Å²) in [7, 11) is 5.35. The lowest BCUT2D eigenvalue weighted by molar-refractivity contribution is 0.0527. The molecule has 0 aliphatic carbocycles. The summed E-state index contributed by atoms with van der Waals surface area (Å²) in [5.74, 6) is 0.0154. The van der Waals surface area contributed by atoms with E-state index in [1.54, 1.807) is 56.6 Å². The minimum Gasteiger partial charge on any atom is -0.462 e. The number of rotatable bonds is 5. The zero-order valence-corrected chi connectivity index (χ0v) is 14.3. The first-order chi connectivity index (χ1) is 11.5. The Balaban J connectivity index is 2.35. The normalized spacial score (nSPS) is 10.2. The van der Waals surface area contributed by atoms with Crippen LogP contribution >= 0.6 is 0 Å². The van der Waals surface area contributed by atoms with Crippen LogP contribution in [-0.2, 0) is 4.74 Å². The molecule has 24 heavy (non-hydrogen) atoms. The third-order valence-corrected chi connectivity index (χ3v) is 3.52. The number of hydrogen-bond donors (Lipinski definition) is 0. The number of ether oxygens (including phenoxy) is 1. The minimum atomic E-state index is -0.448. The van der Waals surface area contributed by atoms with Gasteiger partial charge in [0.15, 0.2) is 0 Å². The molecule has 1 amide bonds. The first-order valence-corrected chi connectivity index (χ1v) is 7.63. The molecule has 1 aromatic carbocycles. The summed E-state index contributed by atoms with van der Waals surface area (Å²) in [4.78, 5) is 32.3. The van der Waals surface area contributed by atoms with Crippen LogP contribution in [0.4, 0.5) is 11.5 Å². The van der Waals surface area contributed by atoms with Crippen LogP contribution in [0.2, 0.25) is 0 Å². The van der Waals surface area contributed by atoms with E-state index in [1.807, 2.05) is 19.0 Å². The van der Waals surface area contributed by atoms with Crippen molar-refractivity contribution >= 4 is 23.4 Å². The second kappa shape index (κ2) is 7.59. The molecular weight excluding hydrogens is 306 g/mol. The average Bonchev–Trinajstić information content (AvgIpc) is 2.60. The molecule has 126 valence electrons. The highest BCUT2D eigenvalue weighted by Gasteiger charge is 2.20. The fourth-order valence-corrected chi connectivity index (χ4v) is 2.25. The molecule has 1 heterocycles. The van der Waals surface area contributed by atoms with E-state index in [9.17, 15) is 9.59 Å². The molecule has 1 aromatic heterocycles. The van der Waals surface area contributed by atoms with Gasteiger partial charge >= 0.3 is 5.97 Å². The Morgan fingerprint density at radius 2 is 1.83 bits per heavy atom. The van der Waals surface area contributed by atoms with E-state index >= 15 is 0 Å². The SMILES string of the molecule is CCOC(=O)c1ccccc1N(C)C(=O)c1ccnc(N(C)C)c1. The Hall–Kier alpha value is -2.89. The Morgan fingerprint density at radius 3 is 2.50 bits per heavy atom. The van der Waals surface area contributed by atoms with Crippen molar-refractivity contribution in [3.05, 3.63) is 53.7 Å². The molecular formula is C18H21N3O3. The van der Waals surface area contributed by atoms with Gasteiger partial charge in [-0.2, -0.15) is 0 Å². The predicted molar refractivity (Wildman–Crippen MR) is 93.7 cm³/mol. The molecule has 0 saturated heterocycles. The van der Waals surface area contributed by atoms with E-state index in [-0.39, 0.29) is 12.5 Å². The summed E-state index contributed by atoms with van der Waals surface area (Å²) in [6, 6.07) is 10.3. The number of hydrogen-bond acceptors (Lipinski definition) is 5. The van der Waals surface area contributed by atoms with E-state index in [2.05, 4.69) is 4.98 Å². The van der Waals surface area contributed by atoms with Gasteiger partial charge in [0.1, 0.15) is 5.82 Å². The molecule has 2 rings (SSSR count). The Labute approximate surface area is 141 Å². The quantitative estimate of drug-likeness (QED) is 0.790. The summed E-state index contributed by atoms with van der Waals surface area (Å²) in [6.07, 6.45) is 1.59. The summed E-state index contributed by atoms with van der Waals surface area (Å²) >= 11 is 0. The maximum atomic E-state index is 12.8. The fourth-order valence-electron chi connectivity index (χ4n) is 2.25. The van der Waals surface area contributed by atoms with Crippen molar-refractivity contribution in [2.24, 2.45) is 0 Å². The van der Waals surface area contributed by atoms with Crippen LogP contribution < -0.4 is 9.80 Å². The second-order valence-corrected chi connectivity index (χ2v) is 5.40. The van der Waals surface area contributed by atoms with Crippen molar-refractivity contribution in [3.63, 3.8) is 0 Å². The molecule has 0 saturated carbocycles. The number of anilines is 2. The highest BCUT2D eigenvalue weighted by atomic mass is 16.5. The van der Waals surface area contributed by atoms with Crippen LogP contribution in [-0.4, -0.2) is 44.6 Å². The fraction of sp³-hybridized carbons (Fsp3) is 0.278. The number of para-hydroxylation sites is 1. The lowest BCUT2D eigenvalue weighted by Gasteiger charge is -2.21. The zero-order chi connectivity index (χ0) is 17.7. The van der Waals surface area contributed by atoms with Crippen molar-refractivity contribution in [1.82, 2.24) is 4.98 Å². The number of nitrogens with zero attached hydrogens (tertiary/aromatic N) is 3. The molecule has 0 fully saturated rings. The molecule has 0 unspecified atom stereocenters. The van der Waals surface area contributed by atoms with Crippen molar-refractivity contribution < 1.29 is 14.3 Å². The Bertz CT molecular complexity index is 744. The van der Waals surface area contributed by atoms with Crippen molar-refractivity contribution in [1.29, 1.82) is 0 Å². The summed E-state index contributed by atoms with van der Waals surface area (Å²) in [5.41, 5.74) is 1.36. The standard InChI is InChI=1S/C18H21N3O3/c1-5-24-18(23)14-8-6-7-9-15(14)21(4)17(22)13-10-11-19-16(12-13)20(2)3/h6-12H,5H2,1-4H3. The number of carbonyl (C=O) groups excluding carboxylic acids is 2. The van der Waals surface area contributed by atoms with E-state index in [0.29, 0.717) is 22.6 Å². The Morgan fingerprint density at radius 1 is 1.12 bits per heavy atom. The number of esters is 1. The van der Waals surface area contributed by atoms with Gasteiger partial charge in [-0.05, 0) is 31.2 Å². The van der Waals surface area contributed by atoms with E-state index in [0.717, 1.165) is 0 Å². The first kappa shape index (κ1) is 17.5. The molecule has 2 aromatic rings. The van der Waals surface area contributed by atoms with Gasteiger partial charge in [-0.25, -0.2) is 9.78 Å². The number of carbonyl (C=O) groups is 2. The minimum absolute atomic E-state index is 0.225. The Kier molecular flexibility index (Phi) is 5.52. The molecule has 0 aliphatic heterocycles. The van der Waals surface area contributed by atoms with E-state index in [4.69, 9.17) is 4.74 Å². The molecule has 0 N–H and O–H groups in total. The second-order valence-electron chi connectivity index (χ2n) is 5.40. The zero-order valence-electron chi connectivity index (χ0n) is 14.3. The molecule has 0 spiro atoms. The van der Waals surface area contributed by atoms with Crippen molar-refractivity contribution in [2.75, 3.05) is 37.5 Å². The van der Waals surface area contributed by atoms with E-state index in [1.165, 1.54) is 4.90 Å². The monoisotopic (exact) mass is 327 g/mol. The lowest BCUT2D eigenvalue weighted by Crippen LogP contribution is -2.28. The van der Waals surface area contributed by atoms with Gasteiger partial charge in [-0.1, -0.05) is 12.1 Å². The highest BCUT2D eigenvalue weighted by molar-refractivity contribution is 6.09. The molecule has 0 bridgehead atoms. The van der Waals surface area contributed by atoms with Crippen LogP contribution in [0.1, 0.15) is 27.6 Å². The van der Waals surface area contributed by atoms with Gasteiger partial charge in [0.05, 0.1) is 17.9 Å². The van der Waals surface area contributed by atoms with Gasteiger partial charge in [0, 0.05) is 32.9 Å². The van der Waals surface area contributed by atoms with Crippen LogP contribution in [0.3, 0.4) is 0 Å². The van der Waals surface area contributed by atoms with Crippen molar-refractivity contribution in [2.45, 2.75) is 6.92 Å². The lowest BCUT2D eigenvalue weighted by atomic mass is 10.1. The third-order valence-electron chi connectivity index (χ3n) is 3.52. The molecule has 0 radical (unpaired) electrons. The summed E-state index contributed by atoms with van der Waals surface area (Å²) < 4.78 is 5.06. The van der Waals surface area contributed by atoms with Gasteiger partial charge in [0.25, 0.3) is 5.91 Å². The van der Waals surface area contributed by atoms with Gasteiger partial charge in [0.2, 0.25) is 0 Å². The first-order valence-electron chi connectivity index (χ1n) is 7.63. The number of pyridine rings is 1. The molecule has 6 heteroatoms. The number of aromatic nitrogens is 1. The summed E-state index contributed by atoms with van der Waals surface area (Å²) in [5, 5.41) is 0. The van der Waals surface area contributed by atoms with Gasteiger partial charge < -0.3 is 14.5 Å². The summed E-state index contributed by atoms with van der Waals surface area (Å²) in [6.45, 7) is 2.02. The van der Waals surface area contributed by atoms with Crippen LogP contribution in [0.5, 0.6) is 0 Å². The third kappa shape index (κ3) is 3.71. The van der Waals surface area contributed by atoms with Crippen LogP contribution in [0.15, 0.2) is 42.6 Å². The topological polar surface area (TPSA) is 62.7 Å². The van der Waals surface area contributed by atoms with Crippen LogP contribution in [0, 0.1) is 0 Å². The molecule has 6 nitrogen and oxygen atoms in total. The van der Waals surface area contributed by atoms with Crippen molar-refractivity contribution in [3.8, 4) is 0 Å². The number of benzene rings is 1. The highest BCUT2D eigenvalue weighted by Crippen LogP contribution is 2.22. The maximum absolute atomic E-state index is 12.8. The van der Waals surface area contributed by atoms with Crippen LogP contribution in [0.25, 0.3) is 0 Å². The smallest absolute Gasteiger partial charge is 0.340 e.